The Bertz CT molecular complexity index is 1260. The molecule has 2 nitrogen and oxygen atoms in total. The van der Waals surface area contributed by atoms with Crippen LogP contribution in [0.15, 0.2) is 101 Å². The van der Waals surface area contributed by atoms with Crippen molar-refractivity contribution in [1.82, 2.24) is 0 Å². The third-order valence-electron chi connectivity index (χ3n) is 4.90. The summed E-state index contributed by atoms with van der Waals surface area (Å²) >= 11 is 0. The molecule has 0 atom stereocenters. The third kappa shape index (κ3) is 2.72. The van der Waals surface area contributed by atoms with E-state index in [1.54, 1.807) is 0 Å². The Morgan fingerprint density at radius 2 is 1.19 bits per heavy atom. The summed E-state index contributed by atoms with van der Waals surface area (Å²) in [7, 11) is 0. The molecule has 0 spiro atoms. The Morgan fingerprint density at radius 3 is 2.00 bits per heavy atom. The van der Waals surface area contributed by atoms with Crippen LogP contribution in [0.1, 0.15) is 15.9 Å². The van der Waals surface area contributed by atoms with E-state index in [0.717, 1.165) is 33.1 Å². The molecule has 0 radical (unpaired) electrons. The molecule has 1 aromatic heterocycles. The number of ketones is 1. The molecular weight excluding hydrogens is 332 g/mol. The fourth-order valence-corrected chi connectivity index (χ4v) is 3.48. The Kier molecular flexibility index (Phi) is 3.61. The van der Waals surface area contributed by atoms with Crippen LogP contribution >= 0.6 is 0 Å². The fraction of sp³-hybridized carbons (Fsp3) is 0. The summed E-state index contributed by atoms with van der Waals surface area (Å²) in [4.78, 5) is 12.6. The van der Waals surface area contributed by atoms with Crippen LogP contribution in [0.2, 0.25) is 0 Å². The van der Waals surface area contributed by atoms with Gasteiger partial charge in [-0.15, -0.1) is 0 Å². The SMILES string of the molecule is O=C(c1ccccc1)c1ccc(-c2ccc3c(c2)oc2ccccc23)cc1. The number of rotatable bonds is 3. The van der Waals surface area contributed by atoms with Crippen molar-refractivity contribution in [3.63, 3.8) is 0 Å². The third-order valence-corrected chi connectivity index (χ3v) is 4.90. The van der Waals surface area contributed by atoms with Crippen LogP contribution in [0.3, 0.4) is 0 Å². The number of carbonyl (C=O) groups is 1. The van der Waals surface area contributed by atoms with Crippen molar-refractivity contribution >= 4 is 27.7 Å². The van der Waals surface area contributed by atoms with E-state index >= 15 is 0 Å². The van der Waals surface area contributed by atoms with Crippen molar-refractivity contribution in [2.24, 2.45) is 0 Å². The molecule has 0 aliphatic carbocycles. The molecule has 0 amide bonds. The lowest BCUT2D eigenvalue weighted by Crippen LogP contribution is -2.00. The van der Waals surface area contributed by atoms with Crippen molar-refractivity contribution < 1.29 is 9.21 Å². The highest BCUT2D eigenvalue weighted by molar-refractivity contribution is 6.09. The van der Waals surface area contributed by atoms with Gasteiger partial charge >= 0.3 is 0 Å². The smallest absolute Gasteiger partial charge is 0.193 e. The summed E-state index contributed by atoms with van der Waals surface area (Å²) in [6, 6.07) is 31.4. The van der Waals surface area contributed by atoms with E-state index < -0.39 is 0 Å². The number of hydrogen-bond acceptors (Lipinski definition) is 2. The number of carbonyl (C=O) groups excluding carboxylic acids is 1. The summed E-state index contributed by atoms with van der Waals surface area (Å²) < 4.78 is 5.98. The zero-order chi connectivity index (χ0) is 18.2. The van der Waals surface area contributed by atoms with Crippen LogP contribution in [0.5, 0.6) is 0 Å². The van der Waals surface area contributed by atoms with Gasteiger partial charge in [0, 0.05) is 21.9 Å². The maximum Gasteiger partial charge on any atom is 0.193 e. The molecule has 0 aliphatic heterocycles. The zero-order valence-electron chi connectivity index (χ0n) is 14.6. The van der Waals surface area contributed by atoms with Gasteiger partial charge in [0.05, 0.1) is 0 Å². The van der Waals surface area contributed by atoms with E-state index in [1.165, 1.54) is 0 Å². The van der Waals surface area contributed by atoms with Crippen LogP contribution < -0.4 is 0 Å². The van der Waals surface area contributed by atoms with Crippen molar-refractivity contribution in [3.8, 4) is 11.1 Å². The summed E-state index contributed by atoms with van der Waals surface area (Å²) in [5.74, 6) is 0.0369. The van der Waals surface area contributed by atoms with Gasteiger partial charge < -0.3 is 4.42 Å². The maximum atomic E-state index is 12.6. The molecule has 0 bridgehead atoms. The molecule has 0 saturated carbocycles. The normalized spacial score (nSPS) is 11.1. The number of furan rings is 1. The molecule has 0 aliphatic rings. The molecular formula is C25H16O2. The largest absolute Gasteiger partial charge is 0.456 e. The minimum Gasteiger partial charge on any atom is -0.456 e. The Balaban J connectivity index is 1.51. The van der Waals surface area contributed by atoms with E-state index in [4.69, 9.17) is 4.42 Å². The van der Waals surface area contributed by atoms with Crippen molar-refractivity contribution in [1.29, 1.82) is 0 Å². The summed E-state index contributed by atoms with van der Waals surface area (Å²) in [6.07, 6.45) is 0. The molecule has 0 saturated heterocycles. The average molecular weight is 348 g/mol. The highest BCUT2D eigenvalue weighted by atomic mass is 16.3. The van der Waals surface area contributed by atoms with Crippen molar-refractivity contribution in [2.75, 3.05) is 0 Å². The lowest BCUT2D eigenvalue weighted by molar-refractivity contribution is 0.103. The standard InChI is InChI=1S/C25H16O2/c26-25(18-6-2-1-3-7-18)19-12-10-17(11-13-19)20-14-15-22-21-8-4-5-9-23(21)27-24(22)16-20/h1-16H. The molecule has 2 heteroatoms. The molecule has 5 rings (SSSR count). The first-order valence-corrected chi connectivity index (χ1v) is 8.91. The van der Waals surface area contributed by atoms with Crippen LogP contribution in [0.4, 0.5) is 0 Å². The van der Waals surface area contributed by atoms with Gasteiger partial charge in [-0.3, -0.25) is 4.79 Å². The molecule has 128 valence electrons. The predicted molar refractivity (Wildman–Crippen MR) is 109 cm³/mol. The van der Waals surface area contributed by atoms with E-state index in [-0.39, 0.29) is 5.78 Å². The van der Waals surface area contributed by atoms with Crippen molar-refractivity contribution in [2.45, 2.75) is 0 Å². The minimum atomic E-state index is 0.0369. The summed E-state index contributed by atoms with van der Waals surface area (Å²) in [6.45, 7) is 0. The minimum absolute atomic E-state index is 0.0369. The molecule has 0 N–H and O–H groups in total. The number of para-hydroxylation sites is 1. The van der Waals surface area contributed by atoms with Crippen LogP contribution in [-0.2, 0) is 0 Å². The first kappa shape index (κ1) is 15.6. The highest BCUT2D eigenvalue weighted by Gasteiger charge is 2.10. The Labute approximate surface area is 156 Å². The van der Waals surface area contributed by atoms with Crippen LogP contribution in [-0.4, -0.2) is 5.78 Å². The maximum absolute atomic E-state index is 12.6. The molecule has 0 unspecified atom stereocenters. The van der Waals surface area contributed by atoms with E-state index in [0.29, 0.717) is 11.1 Å². The Hall–Kier alpha value is -3.65. The number of hydrogen-bond donors (Lipinski definition) is 0. The zero-order valence-corrected chi connectivity index (χ0v) is 14.6. The van der Waals surface area contributed by atoms with Gasteiger partial charge in [0.2, 0.25) is 0 Å². The van der Waals surface area contributed by atoms with Gasteiger partial charge in [0.1, 0.15) is 11.2 Å². The molecule has 27 heavy (non-hydrogen) atoms. The van der Waals surface area contributed by atoms with Gasteiger partial charge in [-0.05, 0) is 29.3 Å². The molecule has 1 heterocycles. The van der Waals surface area contributed by atoms with Crippen LogP contribution in [0.25, 0.3) is 33.1 Å². The second-order valence-corrected chi connectivity index (χ2v) is 6.58. The molecule has 4 aromatic carbocycles. The van der Waals surface area contributed by atoms with Gasteiger partial charge in [0.25, 0.3) is 0 Å². The second-order valence-electron chi connectivity index (χ2n) is 6.58. The lowest BCUT2D eigenvalue weighted by Gasteiger charge is -2.05. The molecule has 5 aromatic rings. The van der Waals surface area contributed by atoms with Crippen LogP contribution in [0, 0.1) is 0 Å². The highest BCUT2D eigenvalue weighted by Crippen LogP contribution is 2.32. The van der Waals surface area contributed by atoms with E-state index in [9.17, 15) is 4.79 Å². The van der Waals surface area contributed by atoms with Gasteiger partial charge in [-0.2, -0.15) is 0 Å². The quantitative estimate of drug-likeness (QED) is 0.349. The van der Waals surface area contributed by atoms with E-state index in [2.05, 4.69) is 24.3 Å². The lowest BCUT2D eigenvalue weighted by atomic mass is 9.99. The first-order chi connectivity index (χ1) is 13.3. The number of benzene rings is 4. The first-order valence-electron chi connectivity index (χ1n) is 8.91. The molecule has 0 fully saturated rings. The van der Waals surface area contributed by atoms with Crippen molar-refractivity contribution in [3.05, 3.63) is 108 Å². The van der Waals surface area contributed by atoms with E-state index in [1.807, 2.05) is 72.8 Å². The fourth-order valence-electron chi connectivity index (χ4n) is 3.48. The second kappa shape index (κ2) is 6.26. The summed E-state index contributed by atoms with van der Waals surface area (Å²) in [5.41, 5.74) is 5.29. The monoisotopic (exact) mass is 348 g/mol. The van der Waals surface area contributed by atoms with Gasteiger partial charge in [-0.25, -0.2) is 0 Å². The Morgan fingerprint density at radius 1 is 0.556 bits per heavy atom. The predicted octanol–water partition coefficient (Wildman–Crippen LogP) is 6.48. The average Bonchev–Trinajstić information content (AvgIpc) is 3.12. The van der Waals surface area contributed by atoms with Gasteiger partial charge in [0.15, 0.2) is 5.78 Å². The number of fused-ring (bicyclic) bond motifs is 3. The summed E-state index contributed by atoms with van der Waals surface area (Å²) in [5, 5.41) is 2.24. The topological polar surface area (TPSA) is 30.2 Å². The van der Waals surface area contributed by atoms with Gasteiger partial charge in [-0.1, -0.05) is 78.9 Å².